The number of carbonyl (C=O) groups excluding carboxylic acids is 1. The highest BCUT2D eigenvalue weighted by atomic mass is 19.1. The van der Waals surface area contributed by atoms with Gasteiger partial charge in [0, 0.05) is 18.9 Å². The van der Waals surface area contributed by atoms with E-state index in [4.69, 9.17) is 0 Å². The molecule has 1 amide bonds. The van der Waals surface area contributed by atoms with Crippen molar-refractivity contribution in [3.63, 3.8) is 0 Å². The molecule has 4 heteroatoms. The Hall–Kier alpha value is -2.10. The second kappa shape index (κ2) is 6.00. The van der Waals surface area contributed by atoms with Crippen LogP contribution in [0.2, 0.25) is 0 Å². The highest BCUT2D eigenvalue weighted by Gasteiger charge is 2.01. The molecular weight excluding hydrogens is 231 g/mol. The maximum absolute atomic E-state index is 12.7. The first-order chi connectivity index (χ1) is 8.74. The summed E-state index contributed by atoms with van der Waals surface area (Å²) in [7, 11) is 0. The molecule has 1 aromatic heterocycles. The monoisotopic (exact) mass is 246 g/mol. The lowest BCUT2D eigenvalue weighted by Crippen LogP contribution is -2.28. The lowest BCUT2D eigenvalue weighted by Gasteiger charge is -2.06. The van der Waals surface area contributed by atoms with Crippen molar-refractivity contribution in [1.29, 1.82) is 0 Å². The van der Waals surface area contributed by atoms with Crippen LogP contribution in [0, 0.1) is 5.82 Å². The molecule has 0 aliphatic carbocycles. The fraction of sp³-hybridized carbons (Fsp3) is 0.214. The van der Waals surface area contributed by atoms with Crippen molar-refractivity contribution in [3.8, 4) is 0 Å². The third-order valence-electron chi connectivity index (χ3n) is 2.64. The van der Waals surface area contributed by atoms with Gasteiger partial charge in [0.15, 0.2) is 0 Å². The zero-order valence-electron chi connectivity index (χ0n) is 9.97. The Morgan fingerprint density at radius 3 is 2.50 bits per heavy atom. The molecule has 0 atom stereocenters. The molecule has 0 unspecified atom stereocenters. The maximum Gasteiger partial charge on any atom is 0.239 e. The summed E-state index contributed by atoms with van der Waals surface area (Å²) in [6.45, 7) is 0.891. The van der Waals surface area contributed by atoms with Crippen LogP contribution < -0.4 is 5.32 Å². The molecule has 0 bridgehead atoms. The van der Waals surface area contributed by atoms with Gasteiger partial charge in [-0.15, -0.1) is 0 Å². The first kappa shape index (κ1) is 12.4. The van der Waals surface area contributed by atoms with E-state index in [1.807, 2.05) is 29.1 Å². The zero-order valence-corrected chi connectivity index (χ0v) is 9.97. The predicted octanol–water partition coefficient (Wildman–Crippen LogP) is 1.99. The molecule has 18 heavy (non-hydrogen) atoms. The van der Waals surface area contributed by atoms with Crippen molar-refractivity contribution in [2.75, 3.05) is 6.54 Å². The Kier molecular flexibility index (Phi) is 4.12. The van der Waals surface area contributed by atoms with Gasteiger partial charge in [-0.05, 0) is 36.2 Å². The Morgan fingerprint density at radius 1 is 1.17 bits per heavy atom. The van der Waals surface area contributed by atoms with Crippen molar-refractivity contribution in [1.82, 2.24) is 9.88 Å². The third kappa shape index (κ3) is 3.73. The lowest BCUT2D eigenvalue weighted by atomic mass is 10.1. The summed E-state index contributed by atoms with van der Waals surface area (Å²) >= 11 is 0. The van der Waals surface area contributed by atoms with Crippen molar-refractivity contribution in [3.05, 3.63) is 60.2 Å². The average Bonchev–Trinajstić information content (AvgIpc) is 2.84. The Labute approximate surface area is 105 Å². The van der Waals surface area contributed by atoms with E-state index in [2.05, 4.69) is 5.32 Å². The van der Waals surface area contributed by atoms with Gasteiger partial charge >= 0.3 is 0 Å². The number of halogens is 1. The predicted molar refractivity (Wildman–Crippen MR) is 67.5 cm³/mol. The minimum Gasteiger partial charge on any atom is -0.354 e. The van der Waals surface area contributed by atoms with E-state index >= 15 is 0 Å². The molecule has 0 aliphatic heterocycles. The summed E-state index contributed by atoms with van der Waals surface area (Å²) in [4.78, 5) is 11.6. The van der Waals surface area contributed by atoms with Gasteiger partial charge in [-0.25, -0.2) is 4.39 Å². The molecule has 1 N–H and O–H groups in total. The van der Waals surface area contributed by atoms with E-state index in [1.54, 1.807) is 12.1 Å². The van der Waals surface area contributed by atoms with Gasteiger partial charge in [0.1, 0.15) is 12.4 Å². The average molecular weight is 246 g/mol. The normalized spacial score (nSPS) is 10.3. The van der Waals surface area contributed by atoms with E-state index < -0.39 is 0 Å². The van der Waals surface area contributed by atoms with Gasteiger partial charge < -0.3 is 9.88 Å². The van der Waals surface area contributed by atoms with Crippen LogP contribution in [-0.2, 0) is 17.8 Å². The summed E-state index contributed by atoms with van der Waals surface area (Å²) < 4.78 is 14.5. The van der Waals surface area contributed by atoms with Gasteiger partial charge in [0.05, 0.1) is 0 Å². The molecule has 0 saturated heterocycles. The van der Waals surface area contributed by atoms with Crippen LogP contribution in [0.25, 0.3) is 0 Å². The van der Waals surface area contributed by atoms with Crippen LogP contribution in [-0.4, -0.2) is 17.0 Å². The Morgan fingerprint density at radius 2 is 1.83 bits per heavy atom. The second-order valence-corrected chi connectivity index (χ2v) is 4.08. The molecule has 1 heterocycles. The van der Waals surface area contributed by atoms with E-state index in [1.165, 1.54) is 12.1 Å². The number of nitrogens with zero attached hydrogens (tertiary/aromatic N) is 1. The number of hydrogen-bond acceptors (Lipinski definition) is 1. The van der Waals surface area contributed by atoms with E-state index in [-0.39, 0.29) is 11.7 Å². The first-order valence-corrected chi connectivity index (χ1v) is 5.86. The van der Waals surface area contributed by atoms with Crippen LogP contribution in [0.1, 0.15) is 5.56 Å². The highest BCUT2D eigenvalue weighted by Crippen LogP contribution is 2.02. The number of carbonyl (C=O) groups is 1. The lowest BCUT2D eigenvalue weighted by molar-refractivity contribution is -0.121. The fourth-order valence-electron chi connectivity index (χ4n) is 1.69. The van der Waals surface area contributed by atoms with Crippen molar-refractivity contribution in [2.45, 2.75) is 13.0 Å². The summed E-state index contributed by atoms with van der Waals surface area (Å²) in [6.07, 6.45) is 4.40. The quantitative estimate of drug-likeness (QED) is 0.860. The minimum absolute atomic E-state index is 0.0201. The van der Waals surface area contributed by atoms with E-state index in [0.29, 0.717) is 19.5 Å². The molecule has 2 rings (SSSR count). The molecule has 0 aliphatic rings. The number of amides is 1. The maximum atomic E-state index is 12.7. The number of nitrogens with one attached hydrogen (secondary N) is 1. The summed E-state index contributed by atoms with van der Waals surface area (Å²) in [6, 6.07) is 10.1. The van der Waals surface area contributed by atoms with Gasteiger partial charge in [-0.2, -0.15) is 0 Å². The summed E-state index contributed by atoms with van der Waals surface area (Å²) in [5.41, 5.74) is 1.01. The number of hydrogen-bond donors (Lipinski definition) is 1. The topological polar surface area (TPSA) is 34.0 Å². The third-order valence-corrected chi connectivity index (χ3v) is 2.64. The molecule has 0 spiro atoms. The van der Waals surface area contributed by atoms with Gasteiger partial charge in [0.25, 0.3) is 0 Å². The standard InChI is InChI=1S/C14H15FN2O/c15-13-5-3-12(4-6-13)7-8-16-14(18)11-17-9-1-2-10-17/h1-6,9-10H,7-8,11H2,(H,16,18). The minimum atomic E-state index is -0.240. The van der Waals surface area contributed by atoms with Crippen LogP contribution in [0.3, 0.4) is 0 Å². The smallest absolute Gasteiger partial charge is 0.239 e. The van der Waals surface area contributed by atoms with Crippen molar-refractivity contribution >= 4 is 5.91 Å². The molecule has 0 radical (unpaired) electrons. The van der Waals surface area contributed by atoms with Gasteiger partial charge in [-0.3, -0.25) is 4.79 Å². The van der Waals surface area contributed by atoms with Crippen molar-refractivity contribution < 1.29 is 9.18 Å². The highest BCUT2D eigenvalue weighted by molar-refractivity contribution is 5.75. The number of aromatic nitrogens is 1. The van der Waals surface area contributed by atoms with Gasteiger partial charge in [-0.1, -0.05) is 12.1 Å². The Bertz CT molecular complexity index is 491. The van der Waals surface area contributed by atoms with Crippen LogP contribution in [0.4, 0.5) is 4.39 Å². The second-order valence-electron chi connectivity index (χ2n) is 4.08. The number of benzene rings is 1. The molecule has 2 aromatic rings. The Balaban J connectivity index is 1.72. The van der Waals surface area contributed by atoms with Crippen molar-refractivity contribution in [2.24, 2.45) is 0 Å². The van der Waals surface area contributed by atoms with Crippen LogP contribution >= 0.6 is 0 Å². The van der Waals surface area contributed by atoms with Crippen LogP contribution in [0.5, 0.6) is 0 Å². The molecule has 1 aromatic carbocycles. The zero-order chi connectivity index (χ0) is 12.8. The number of rotatable bonds is 5. The largest absolute Gasteiger partial charge is 0.354 e. The SMILES string of the molecule is O=C(Cn1cccc1)NCCc1ccc(F)cc1. The molecular formula is C14H15FN2O. The molecule has 94 valence electrons. The molecule has 0 fully saturated rings. The summed E-state index contributed by atoms with van der Waals surface area (Å²) in [5.74, 6) is -0.260. The molecule has 0 saturated carbocycles. The fourth-order valence-corrected chi connectivity index (χ4v) is 1.69. The van der Waals surface area contributed by atoms with Crippen LogP contribution in [0.15, 0.2) is 48.8 Å². The summed E-state index contributed by atoms with van der Waals surface area (Å²) in [5, 5.41) is 2.83. The van der Waals surface area contributed by atoms with Gasteiger partial charge in [0.2, 0.25) is 5.91 Å². The van der Waals surface area contributed by atoms with E-state index in [0.717, 1.165) is 5.56 Å². The first-order valence-electron chi connectivity index (χ1n) is 5.86. The molecule has 3 nitrogen and oxygen atoms in total. The van der Waals surface area contributed by atoms with E-state index in [9.17, 15) is 9.18 Å².